The van der Waals surface area contributed by atoms with Crippen LogP contribution >= 0.6 is 0 Å². The highest BCUT2D eigenvalue weighted by Gasteiger charge is 2.32. The van der Waals surface area contributed by atoms with Crippen molar-refractivity contribution in [2.45, 2.75) is 31.5 Å². The zero-order valence-electron chi connectivity index (χ0n) is 19.8. The summed E-state index contributed by atoms with van der Waals surface area (Å²) in [5.41, 5.74) is 3.92. The number of halogens is 3. The van der Waals surface area contributed by atoms with Crippen LogP contribution in [0.5, 0.6) is 0 Å². The van der Waals surface area contributed by atoms with Gasteiger partial charge in [0.2, 0.25) is 0 Å². The fourth-order valence-corrected chi connectivity index (χ4v) is 5.77. The summed E-state index contributed by atoms with van der Waals surface area (Å²) in [4.78, 5) is 24.5. The maximum Gasteiger partial charge on any atom is 0.416 e. The van der Waals surface area contributed by atoms with E-state index in [9.17, 15) is 18.0 Å². The third kappa shape index (κ3) is 4.23. The van der Waals surface area contributed by atoms with Gasteiger partial charge in [-0.3, -0.25) is 14.7 Å². The largest absolute Gasteiger partial charge is 0.416 e. The Bertz CT molecular complexity index is 1340. The Morgan fingerprint density at radius 3 is 2.64 bits per heavy atom. The minimum absolute atomic E-state index is 0.182. The summed E-state index contributed by atoms with van der Waals surface area (Å²) < 4.78 is 38.4. The van der Waals surface area contributed by atoms with Crippen molar-refractivity contribution in [2.75, 3.05) is 42.5 Å². The van der Waals surface area contributed by atoms with E-state index in [2.05, 4.69) is 33.0 Å². The van der Waals surface area contributed by atoms with Gasteiger partial charge in [-0.2, -0.15) is 13.2 Å². The number of anilines is 2. The number of carbonyl (C=O) groups excluding carboxylic acids is 1. The van der Waals surface area contributed by atoms with E-state index in [-0.39, 0.29) is 5.91 Å². The molecular weight excluding hydrogens is 465 g/mol. The normalized spacial score (nSPS) is 20.4. The first-order valence-corrected chi connectivity index (χ1v) is 12.4. The van der Waals surface area contributed by atoms with Gasteiger partial charge < -0.3 is 9.80 Å². The van der Waals surface area contributed by atoms with E-state index < -0.39 is 11.7 Å². The molecule has 2 fully saturated rings. The van der Waals surface area contributed by atoms with Crippen LogP contribution in [0, 0.1) is 0 Å². The van der Waals surface area contributed by atoms with Crippen molar-refractivity contribution in [3.63, 3.8) is 0 Å². The Labute approximate surface area is 207 Å². The van der Waals surface area contributed by atoms with Gasteiger partial charge in [0.05, 0.1) is 11.1 Å². The number of carbonyl (C=O) groups is 1. The molecule has 2 aromatic carbocycles. The standard InChI is InChI=1S/C28H27F3N4O/c29-28(30,31)21-6-3-19(4-7-21)5-8-27(36)35-13-10-20-16-24-23(17-26(20)35)25(9-11-32-24)34-15-14-33-12-1-2-22(33)18-34/h3-9,11,16-17,22H,1-2,10,12-15,18H2/b8-5+/t22-/m0/s1. The second-order valence-electron chi connectivity index (χ2n) is 9.80. The zero-order chi connectivity index (χ0) is 24.9. The number of hydrogen-bond donors (Lipinski definition) is 0. The number of piperazine rings is 1. The molecule has 0 spiro atoms. The van der Waals surface area contributed by atoms with Crippen molar-refractivity contribution < 1.29 is 18.0 Å². The molecule has 0 bridgehead atoms. The molecule has 3 aromatic rings. The number of rotatable bonds is 3. The van der Waals surface area contributed by atoms with Crippen LogP contribution in [0.25, 0.3) is 17.0 Å². The molecule has 1 atom stereocenters. The number of pyridine rings is 1. The first kappa shape index (κ1) is 23.0. The average molecular weight is 493 g/mol. The maximum absolute atomic E-state index is 13.1. The van der Waals surface area contributed by atoms with E-state index in [1.165, 1.54) is 37.6 Å². The molecule has 3 aliphatic rings. The van der Waals surface area contributed by atoms with E-state index in [1.54, 1.807) is 11.0 Å². The number of amides is 1. The molecular formula is C28H27F3N4O. The van der Waals surface area contributed by atoms with Gasteiger partial charge in [0, 0.05) is 61.3 Å². The van der Waals surface area contributed by atoms with Crippen molar-refractivity contribution in [3.05, 3.63) is 71.4 Å². The molecule has 0 unspecified atom stereocenters. The molecule has 36 heavy (non-hydrogen) atoms. The third-order valence-electron chi connectivity index (χ3n) is 7.66. The summed E-state index contributed by atoms with van der Waals surface area (Å²) in [6.45, 7) is 4.82. The van der Waals surface area contributed by atoms with Gasteiger partial charge in [0.15, 0.2) is 0 Å². The van der Waals surface area contributed by atoms with E-state index in [1.807, 2.05) is 6.20 Å². The minimum Gasteiger partial charge on any atom is -0.368 e. The fourth-order valence-electron chi connectivity index (χ4n) is 5.77. The number of alkyl halides is 3. The molecule has 5 nitrogen and oxygen atoms in total. The molecule has 1 amide bonds. The monoisotopic (exact) mass is 492 g/mol. The lowest BCUT2D eigenvalue weighted by atomic mass is 10.1. The fraction of sp³-hybridized carbons (Fsp3) is 0.357. The molecule has 3 aliphatic heterocycles. The van der Waals surface area contributed by atoms with E-state index in [0.717, 1.165) is 66.0 Å². The van der Waals surface area contributed by atoms with Crippen molar-refractivity contribution in [1.82, 2.24) is 9.88 Å². The third-order valence-corrected chi connectivity index (χ3v) is 7.66. The predicted octanol–water partition coefficient (Wildman–Crippen LogP) is 5.14. The van der Waals surface area contributed by atoms with Crippen molar-refractivity contribution >= 4 is 34.3 Å². The van der Waals surface area contributed by atoms with Crippen LogP contribution in [0.4, 0.5) is 24.5 Å². The Morgan fingerprint density at radius 2 is 1.83 bits per heavy atom. The highest BCUT2D eigenvalue weighted by Crippen LogP contribution is 2.37. The highest BCUT2D eigenvalue weighted by molar-refractivity contribution is 6.07. The lowest BCUT2D eigenvalue weighted by molar-refractivity contribution is -0.137. The quantitative estimate of drug-likeness (QED) is 0.475. The van der Waals surface area contributed by atoms with Gasteiger partial charge in [0.25, 0.3) is 5.91 Å². The van der Waals surface area contributed by atoms with E-state index in [0.29, 0.717) is 18.2 Å². The van der Waals surface area contributed by atoms with Gasteiger partial charge in [-0.15, -0.1) is 0 Å². The Hall–Kier alpha value is -3.39. The van der Waals surface area contributed by atoms with Crippen LogP contribution in [0.2, 0.25) is 0 Å². The van der Waals surface area contributed by atoms with Crippen LogP contribution in [0.3, 0.4) is 0 Å². The molecule has 0 saturated carbocycles. The predicted molar refractivity (Wildman–Crippen MR) is 135 cm³/mol. The van der Waals surface area contributed by atoms with Crippen LogP contribution in [0.15, 0.2) is 54.7 Å². The second-order valence-corrected chi connectivity index (χ2v) is 9.80. The molecule has 1 aromatic heterocycles. The van der Waals surface area contributed by atoms with Gasteiger partial charge >= 0.3 is 6.18 Å². The van der Waals surface area contributed by atoms with Crippen LogP contribution in [0.1, 0.15) is 29.5 Å². The Kier molecular flexibility index (Phi) is 5.71. The highest BCUT2D eigenvalue weighted by atomic mass is 19.4. The first-order valence-electron chi connectivity index (χ1n) is 12.4. The summed E-state index contributed by atoms with van der Waals surface area (Å²) in [6.07, 6.45) is 3.75. The number of hydrogen-bond acceptors (Lipinski definition) is 4. The summed E-state index contributed by atoms with van der Waals surface area (Å²) in [6, 6.07) is 11.7. The molecule has 8 heteroatoms. The summed E-state index contributed by atoms with van der Waals surface area (Å²) >= 11 is 0. The number of aromatic nitrogens is 1. The molecule has 186 valence electrons. The van der Waals surface area contributed by atoms with Crippen molar-refractivity contribution in [3.8, 4) is 0 Å². The minimum atomic E-state index is -4.38. The molecule has 0 N–H and O–H groups in total. The second kappa shape index (κ2) is 8.92. The number of nitrogens with zero attached hydrogens (tertiary/aromatic N) is 4. The number of fused-ring (bicyclic) bond motifs is 3. The number of benzene rings is 2. The average Bonchev–Trinajstić information content (AvgIpc) is 3.51. The topological polar surface area (TPSA) is 39.7 Å². The van der Waals surface area contributed by atoms with Gasteiger partial charge in [0.1, 0.15) is 0 Å². The van der Waals surface area contributed by atoms with Crippen molar-refractivity contribution in [1.29, 1.82) is 0 Å². The van der Waals surface area contributed by atoms with Crippen molar-refractivity contribution in [2.24, 2.45) is 0 Å². The lowest BCUT2D eigenvalue weighted by Crippen LogP contribution is -2.50. The van der Waals surface area contributed by atoms with Gasteiger partial charge in [-0.1, -0.05) is 12.1 Å². The SMILES string of the molecule is O=C(/C=C/c1ccc(C(F)(F)F)cc1)N1CCc2cc3nccc(N4CCN5CCC[C@H]5C4)c3cc21. The summed E-state index contributed by atoms with van der Waals surface area (Å²) in [5.74, 6) is -0.182. The molecule has 6 rings (SSSR count). The Balaban J connectivity index is 1.25. The van der Waals surface area contributed by atoms with Crippen LogP contribution in [-0.4, -0.2) is 54.6 Å². The van der Waals surface area contributed by atoms with Gasteiger partial charge in [-0.05, 0) is 73.3 Å². The molecule has 0 radical (unpaired) electrons. The smallest absolute Gasteiger partial charge is 0.368 e. The summed E-state index contributed by atoms with van der Waals surface area (Å²) in [7, 11) is 0. The maximum atomic E-state index is 13.1. The van der Waals surface area contributed by atoms with Crippen LogP contribution in [-0.2, 0) is 17.4 Å². The molecule has 2 saturated heterocycles. The van der Waals surface area contributed by atoms with Gasteiger partial charge in [-0.25, -0.2) is 0 Å². The molecule has 0 aliphatic carbocycles. The van der Waals surface area contributed by atoms with E-state index in [4.69, 9.17) is 0 Å². The van der Waals surface area contributed by atoms with Crippen LogP contribution < -0.4 is 9.80 Å². The Morgan fingerprint density at radius 1 is 1.00 bits per heavy atom. The molecule has 4 heterocycles. The zero-order valence-corrected chi connectivity index (χ0v) is 19.8. The summed E-state index contributed by atoms with van der Waals surface area (Å²) in [5, 5.41) is 1.05. The first-order chi connectivity index (χ1) is 17.4. The van der Waals surface area contributed by atoms with E-state index >= 15 is 0 Å². The lowest BCUT2D eigenvalue weighted by Gasteiger charge is -2.39.